The van der Waals surface area contributed by atoms with Gasteiger partial charge in [0.15, 0.2) is 0 Å². The first-order chi connectivity index (χ1) is 17.2. The smallest absolute Gasteiger partial charge is 0.414 e. The second-order valence-corrected chi connectivity index (χ2v) is 11.3. The predicted molar refractivity (Wildman–Crippen MR) is 135 cm³/mol. The average Bonchev–Trinajstić information content (AvgIpc) is 3.26. The molecule has 2 N–H and O–H groups in total. The zero-order chi connectivity index (χ0) is 26.0. The molecule has 10 heteroatoms. The molecule has 202 valence electrons. The number of nitrogens with one attached hydrogen (secondary N) is 2. The van der Waals surface area contributed by atoms with Crippen molar-refractivity contribution in [2.75, 3.05) is 39.5 Å². The van der Waals surface area contributed by atoms with Gasteiger partial charge in [0, 0.05) is 19.7 Å². The summed E-state index contributed by atoms with van der Waals surface area (Å²) in [7, 11) is 0. The predicted octanol–water partition coefficient (Wildman–Crippen LogP) is 3.12. The molecule has 1 saturated carbocycles. The minimum absolute atomic E-state index is 0.0827. The van der Waals surface area contributed by atoms with Crippen molar-refractivity contribution in [2.24, 2.45) is 10.4 Å². The van der Waals surface area contributed by atoms with Crippen LogP contribution in [0.4, 0.5) is 4.79 Å². The first-order valence-electron chi connectivity index (χ1n) is 13.4. The lowest BCUT2D eigenvalue weighted by molar-refractivity contribution is -0.124. The van der Waals surface area contributed by atoms with Crippen molar-refractivity contribution in [3.8, 4) is 6.07 Å². The molecule has 2 heterocycles. The number of aliphatic imine (C=N–C) groups is 1. The van der Waals surface area contributed by atoms with Gasteiger partial charge in [-0.1, -0.05) is 46.5 Å². The number of hydrogen-bond donors (Lipinski definition) is 2. The van der Waals surface area contributed by atoms with Gasteiger partial charge in [0.2, 0.25) is 11.9 Å². The van der Waals surface area contributed by atoms with Crippen LogP contribution < -0.4 is 10.6 Å². The number of carbonyl (C=O) groups excluding carboxylic acids is 2. The Kier molecular flexibility index (Phi) is 10.4. The van der Waals surface area contributed by atoms with E-state index in [-0.39, 0.29) is 24.0 Å². The molecule has 1 unspecified atom stereocenters. The number of morpholine rings is 1. The molecule has 0 radical (unpaired) electrons. The van der Waals surface area contributed by atoms with Crippen molar-refractivity contribution >= 4 is 18.0 Å². The molecule has 0 aromatic carbocycles. The summed E-state index contributed by atoms with van der Waals surface area (Å²) >= 11 is 0. The van der Waals surface area contributed by atoms with Gasteiger partial charge in [-0.05, 0) is 37.5 Å². The third-order valence-electron chi connectivity index (χ3n) is 6.87. The molecule has 3 fully saturated rings. The highest BCUT2D eigenvalue weighted by molar-refractivity contribution is 5.96. The summed E-state index contributed by atoms with van der Waals surface area (Å²) in [6.45, 7) is 9.08. The minimum atomic E-state index is -0.869. The van der Waals surface area contributed by atoms with Crippen LogP contribution >= 0.6 is 0 Å². The number of amides is 2. The van der Waals surface area contributed by atoms with Crippen LogP contribution in [-0.2, 0) is 19.0 Å². The molecule has 10 nitrogen and oxygen atoms in total. The number of nitrogens with zero attached hydrogens (tertiary/aromatic N) is 3. The largest absolute Gasteiger partial charge is 0.446 e. The fraction of sp³-hybridized carbons (Fsp3) is 0.846. The molecule has 3 aliphatic rings. The van der Waals surface area contributed by atoms with Crippen molar-refractivity contribution in [1.82, 2.24) is 15.5 Å². The maximum absolute atomic E-state index is 13.6. The van der Waals surface area contributed by atoms with Crippen LogP contribution in [0.5, 0.6) is 0 Å². The Morgan fingerprint density at radius 2 is 1.83 bits per heavy atom. The van der Waals surface area contributed by atoms with Gasteiger partial charge in [-0.25, -0.2) is 9.79 Å². The minimum Gasteiger partial charge on any atom is -0.446 e. The number of nitriles is 1. The van der Waals surface area contributed by atoms with Crippen molar-refractivity contribution < 1.29 is 23.8 Å². The lowest BCUT2D eigenvalue weighted by Gasteiger charge is -2.33. The van der Waals surface area contributed by atoms with Gasteiger partial charge in [0.05, 0.1) is 25.4 Å². The summed E-state index contributed by atoms with van der Waals surface area (Å²) in [5.74, 6) is 0.0144. The molecule has 0 aromatic rings. The van der Waals surface area contributed by atoms with Gasteiger partial charge in [-0.2, -0.15) is 5.26 Å². The molecule has 2 saturated heterocycles. The fourth-order valence-corrected chi connectivity index (χ4v) is 4.88. The first-order valence-corrected chi connectivity index (χ1v) is 13.4. The van der Waals surface area contributed by atoms with E-state index in [0.717, 1.165) is 38.5 Å². The zero-order valence-corrected chi connectivity index (χ0v) is 22.1. The number of guanidine groups is 1. The van der Waals surface area contributed by atoms with Crippen molar-refractivity contribution in [2.45, 2.75) is 96.2 Å². The summed E-state index contributed by atoms with van der Waals surface area (Å²) in [5.41, 5.74) is -1.07. The monoisotopic (exact) mass is 505 g/mol. The van der Waals surface area contributed by atoms with Crippen LogP contribution in [0.1, 0.15) is 78.6 Å². The van der Waals surface area contributed by atoms with E-state index in [0.29, 0.717) is 58.1 Å². The molecule has 0 spiro atoms. The zero-order valence-electron chi connectivity index (χ0n) is 22.1. The lowest BCUT2D eigenvalue weighted by Crippen LogP contribution is -2.53. The number of ether oxygens (including phenoxy) is 3. The van der Waals surface area contributed by atoms with Crippen LogP contribution in [0.2, 0.25) is 0 Å². The average molecular weight is 506 g/mol. The van der Waals surface area contributed by atoms with Crippen LogP contribution in [0.3, 0.4) is 0 Å². The van der Waals surface area contributed by atoms with Crippen LogP contribution in [-0.4, -0.2) is 80.1 Å². The summed E-state index contributed by atoms with van der Waals surface area (Å²) in [6, 6.07) is 1.62. The normalized spacial score (nSPS) is 23.8. The van der Waals surface area contributed by atoms with Gasteiger partial charge in [-0.15, -0.1) is 0 Å². The number of alkyl carbamates (subject to hydrolysis) is 1. The summed E-state index contributed by atoms with van der Waals surface area (Å²) < 4.78 is 16.4. The van der Waals surface area contributed by atoms with E-state index >= 15 is 0 Å². The van der Waals surface area contributed by atoms with Gasteiger partial charge in [0.25, 0.3) is 0 Å². The van der Waals surface area contributed by atoms with Crippen molar-refractivity contribution in [3.05, 3.63) is 0 Å². The number of hydrogen-bond acceptors (Lipinski definition) is 7. The molecule has 2 amide bonds. The third kappa shape index (κ3) is 8.93. The van der Waals surface area contributed by atoms with Gasteiger partial charge in [-0.3, -0.25) is 10.1 Å². The van der Waals surface area contributed by atoms with E-state index in [2.05, 4.69) is 16.7 Å². The van der Waals surface area contributed by atoms with E-state index in [1.807, 2.05) is 25.7 Å². The quantitative estimate of drug-likeness (QED) is 0.323. The lowest BCUT2D eigenvalue weighted by atomic mass is 9.86. The Balaban J connectivity index is 1.79. The van der Waals surface area contributed by atoms with Crippen molar-refractivity contribution in [3.63, 3.8) is 0 Å². The van der Waals surface area contributed by atoms with Gasteiger partial charge < -0.3 is 24.4 Å². The fourth-order valence-electron chi connectivity index (χ4n) is 4.88. The Morgan fingerprint density at radius 1 is 1.14 bits per heavy atom. The summed E-state index contributed by atoms with van der Waals surface area (Å²) in [4.78, 5) is 33.0. The molecule has 2 atom stereocenters. The Hall–Kier alpha value is -2.38. The van der Waals surface area contributed by atoms with E-state index in [9.17, 15) is 14.9 Å². The van der Waals surface area contributed by atoms with Crippen LogP contribution in [0, 0.1) is 16.7 Å². The first kappa shape index (κ1) is 28.2. The highest BCUT2D eigenvalue weighted by Gasteiger charge is 2.36. The molecule has 0 bridgehead atoms. The molecular formula is C26H43N5O5. The molecule has 1 aliphatic carbocycles. The number of carbonyl (C=O) groups is 2. The summed E-state index contributed by atoms with van der Waals surface area (Å²) in [6.07, 6.45) is 6.84. The SMILES string of the molecule is CC(C)(C)C[C@H](N=C(NC(=O)OCC1CCCO1)N1CCOCC1)C(=O)NC1(C#N)CCCCCC1. The second-order valence-electron chi connectivity index (χ2n) is 11.3. The Bertz CT molecular complexity index is 799. The Labute approximate surface area is 215 Å². The second kappa shape index (κ2) is 13.2. The molecule has 36 heavy (non-hydrogen) atoms. The van der Waals surface area contributed by atoms with E-state index < -0.39 is 17.7 Å². The molecular weight excluding hydrogens is 462 g/mol. The maximum Gasteiger partial charge on any atom is 0.414 e. The third-order valence-corrected chi connectivity index (χ3v) is 6.87. The van der Waals surface area contributed by atoms with Crippen LogP contribution in [0.15, 0.2) is 4.99 Å². The van der Waals surface area contributed by atoms with E-state index in [1.54, 1.807) is 0 Å². The maximum atomic E-state index is 13.6. The Morgan fingerprint density at radius 3 is 2.42 bits per heavy atom. The van der Waals surface area contributed by atoms with E-state index in [1.165, 1.54) is 0 Å². The summed E-state index contributed by atoms with van der Waals surface area (Å²) in [5, 5.41) is 15.8. The van der Waals surface area contributed by atoms with Crippen LogP contribution in [0.25, 0.3) is 0 Å². The van der Waals surface area contributed by atoms with Gasteiger partial charge in [0.1, 0.15) is 18.2 Å². The highest BCUT2D eigenvalue weighted by Crippen LogP contribution is 2.28. The highest BCUT2D eigenvalue weighted by atomic mass is 16.6. The molecule has 2 aliphatic heterocycles. The van der Waals surface area contributed by atoms with Crippen molar-refractivity contribution in [1.29, 1.82) is 5.26 Å². The molecule has 3 rings (SSSR count). The standard InChI is InChI=1S/C26H43N5O5/c1-25(2,3)17-21(22(32)30-26(19-27)10-6-4-5-7-11-26)28-23(31-12-15-34-16-13-31)29-24(33)36-18-20-9-8-14-35-20/h20-21H,4-18H2,1-3H3,(H,30,32)(H,28,29,33)/t20?,21-/m0/s1. The topological polar surface area (TPSA) is 125 Å². The van der Waals surface area contributed by atoms with E-state index in [4.69, 9.17) is 19.2 Å². The van der Waals surface area contributed by atoms with Gasteiger partial charge >= 0.3 is 6.09 Å². The molecule has 0 aromatic heterocycles. The number of rotatable bonds is 6.